The molecule has 2 fully saturated rings. The maximum absolute atomic E-state index is 14.5. The Morgan fingerprint density at radius 2 is 1.73 bits per heavy atom. The van der Waals surface area contributed by atoms with Gasteiger partial charge in [0.1, 0.15) is 11.6 Å². The smallest absolute Gasteiger partial charge is 0.257 e. The number of piperazine rings is 1. The van der Waals surface area contributed by atoms with Crippen LogP contribution in [0.25, 0.3) is 0 Å². The molecule has 1 aliphatic carbocycles. The number of Topliss-reactive ketones (excluding diaryl/α,β-unsaturated/α-hetero) is 1. The number of halogens is 1. The molecule has 0 bridgehead atoms. The zero-order chi connectivity index (χ0) is 23.8. The SMILES string of the molecule is CC(=O)c1ccc(N2CCN(C(=O)c3cc(S(C)(=O)=O)ccc3OC3CCC3)CC2)c(F)c1. The van der Waals surface area contributed by atoms with Crippen molar-refractivity contribution in [1.82, 2.24) is 4.90 Å². The standard InChI is InChI=1S/C24H27FN2O5S/c1-16(28)17-6-8-22(21(25)14-17)26-10-12-27(13-11-26)24(29)20-15-19(33(2,30)31)7-9-23(20)32-18-4-3-5-18/h6-9,14-15,18H,3-5,10-13H2,1-2H3. The number of benzene rings is 2. The summed E-state index contributed by atoms with van der Waals surface area (Å²) in [5, 5.41) is 0. The molecule has 0 N–H and O–H groups in total. The third-order valence-electron chi connectivity index (χ3n) is 6.22. The van der Waals surface area contributed by atoms with Crippen LogP contribution in [-0.4, -0.2) is 63.5 Å². The van der Waals surface area contributed by atoms with Crippen LogP contribution in [0.3, 0.4) is 0 Å². The molecule has 0 spiro atoms. The molecule has 0 atom stereocenters. The zero-order valence-corrected chi connectivity index (χ0v) is 19.5. The average Bonchev–Trinajstić information content (AvgIpc) is 2.75. The van der Waals surface area contributed by atoms with Crippen LogP contribution in [0.2, 0.25) is 0 Å². The lowest BCUT2D eigenvalue weighted by molar-refractivity contribution is 0.0728. The number of hydrogen-bond donors (Lipinski definition) is 0. The Morgan fingerprint density at radius 3 is 2.27 bits per heavy atom. The van der Waals surface area contributed by atoms with Crippen LogP contribution in [-0.2, 0) is 9.84 Å². The summed E-state index contributed by atoms with van der Waals surface area (Å²) >= 11 is 0. The Morgan fingerprint density at radius 1 is 1.03 bits per heavy atom. The van der Waals surface area contributed by atoms with E-state index in [0.29, 0.717) is 43.2 Å². The third kappa shape index (κ3) is 5.03. The van der Waals surface area contributed by atoms with Gasteiger partial charge in [-0.25, -0.2) is 12.8 Å². The van der Waals surface area contributed by atoms with E-state index < -0.39 is 15.7 Å². The normalized spacial score (nSPS) is 16.9. The van der Waals surface area contributed by atoms with E-state index in [1.807, 2.05) is 4.90 Å². The molecular formula is C24H27FN2O5S. The molecule has 0 aromatic heterocycles. The summed E-state index contributed by atoms with van der Waals surface area (Å²) in [5.74, 6) is -0.584. The molecule has 0 radical (unpaired) electrons. The molecule has 9 heteroatoms. The monoisotopic (exact) mass is 474 g/mol. The summed E-state index contributed by atoms with van der Waals surface area (Å²) in [6.45, 7) is 2.90. The fourth-order valence-corrected chi connectivity index (χ4v) is 4.63. The van der Waals surface area contributed by atoms with Crippen LogP contribution in [0.15, 0.2) is 41.3 Å². The largest absolute Gasteiger partial charge is 0.490 e. The fraction of sp³-hybridized carbons (Fsp3) is 0.417. The molecule has 1 saturated heterocycles. The fourth-order valence-electron chi connectivity index (χ4n) is 3.98. The van der Waals surface area contributed by atoms with Crippen LogP contribution in [0.5, 0.6) is 5.75 Å². The Hall–Kier alpha value is -2.94. The quantitative estimate of drug-likeness (QED) is 0.598. The van der Waals surface area contributed by atoms with E-state index in [-0.39, 0.29) is 28.3 Å². The van der Waals surface area contributed by atoms with Crippen molar-refractivity contribution in [2.75, 3.05) is 37.3 Å². The summed E-state index contributed by atoms with van der Waals surface area (Å²) in [5.41, 5.74) is 0.935. The highest BCUT2D eigenvalue weighted by Gasteiger charge is 2.28. The molecule has 1 saturated carbocycles. The number of carbonyl (C=O) groups excluding carboxylic acids is 2. The molecule has 1 heterocycles. The molecule has 33 heavy (non-hydrogen) atoms. The van der Waals surface area contributed by atoms with Gasteiger partial charge in [0.25, 0.3) is 5.91 Å². The Balaban J connectivity index is 1.51. The molecular weight excluding hydrogens is 447 g/mol. The van der Waals surface area contributed by atoms with Gasteiger partial charge in [-0.2, -0.15) is 0 Å². The predicted octanol–water partition coefficient (Wildman–Crippen LogP) is 3.33. The topological polar surface area (TPSA) is 84.0 Å². The first-order valence-electron chi connectivity index (χ1n) is 11.0. The summed E-state index contributed by atoms with van der Waals surface area (Å²) in [6.07, 6.45) is 4.04. The van der Waals surface area contributed by atoms with Crippen molar-refractivity contribution < 1.29 is 27.1 Å². The second kappa shape index (κ2) is 9.13. The van der Waals surface area contributed by atoms with E-state index in [1.165, 1.54) is 25.1 Å². The van der Waals surface area contributed by atoms with Gasteiger partial charge in [-0.05, 0) is 62.6 Å². The van der Waals surface area contributed by atoms with Gasteiger partial charge in [-0.15, -0.1) is 0 Å². The highest BCUT2D eigenvalue weighted by atomic mass is 32.2. The Bertz CT molecular complexity index is 1190. The maximum Gasteiger partial charge on any atom is 0.257 e. The van der Waals surface area contributed by atoms with Crippen molar-refractivity contribution in [1.29, 1.82) is 0 Å². The van der Waals surface area contributed by atoms with Crippen molar-refractivity contribution in [3.05, 3.63) is 53.3 Å². The van der Waals surface area contributed by atoms with Gasteiger partial charge in [-0.1, -0.05) is 0 Å². The number of ether oxygens (including phenoxy) is 1. The van der Waals surface area contributed by atoms with Crippen molar-refractivity contribution in [3.8, 4) is 5.75 Å². The first-order valence-corrected chi connectivity index (χ1v) is 12.9. The molecule has 2 aromatic carbocycles. The third-order valence-corrected chi connectivity index (χ3v) is 7.33. The summed E-state index contributed by atoms with van der Waals surface area (Å²) < 4.78 is 44.6. The minimum Gasteiger partial charge on any atom is -0.490 e. The Kier molecular flexibility index (Phi) is 6.43. The van der Waals surface area contributed by atoms with Crippen LogP contribution < -0.4 is 9.64 Å². The maximum atomic E-state index is 14.5. The highest BCUT2D eigenvalue weighted by molar-refractivity contribution is 7.90. The van der Waals surface area contributed by atoms with E-state index in [4.69, 9.17) is 4.74 Å². The number of carbonyl (C=O) groups is 2. The van der Waals surface area contributed by atoms with Gasteiger partial charge in [0, 0.05) is 38.0 Å². The number of hydrogen-bond acceptors (Lipinski definition) is 6. The van der Waals surface area contributed by atoms with Crippen LogP contribution >= 0.6 is 0 Å². The molecule has 1 amide bonds. The van der Waals surface area contributed by atoms with Crippen molar-refractivity contribution in [2.45, 2.75) is 37.2 Å². The van der Waals surface area contributed by atoms with Crippen LogP contribution in [0.1, 0.15) is 46.9 Å². The number of sulfone groups is 1. The number of anilines is 1. The van der Waals surface area contributed by atoms with Gasteiger partial charge in [0.15, 0.2) is 15.6 Å². The average molecular weight is 475 g/mol. The minimum absolute atomic E-state index is 0.0402. The van der Waals surface area contributed by atoms with Gasteiger partial charge < -0.3 is 14.5 Å². The van der Waals surface area contributed by atoms with Crippen LogP contribution in [0, 0.1) is 5.82 Å². The van der Waals surface area contributed by atoms with E-state index in [2.05, 4.69) is 0 Å². The molecule has 176 valence electrons. The van der Waals surface area contributed by atoms with Crippen molar-refractivity contribution in [3.63, 3.8) is 0 Å². The summed E-state index contributed by atoms with van der Waals surface area (Å²) in [7, 11) is -3.49. The van der Waals surface area contributed by atoms with Crippen LogP contribution in [0.4, 0.5) is 10.1 Å². The van der Waals surface area contributed by atoms with Gasteiger partial charge >= 0.3 is 0 Å². The number of nitrogens with zero attached hydrogens (tertiary/aromatic N) is 2. The number of rotatable bonds is 6. The number of amides is 1. The van der Waals surface area contributed by atoms with Crippen molar-refractivity contribution >= 4 is 27.2 Å². The Labute approximate surface area is 193 Å². The van der Waals surface area contributed by atoms with E-state index in [9.17, 15) is 22.4 Å². The summed E-state index contributed by atoms with van der Waals surface area (Å²) in [4.78, 5) is 28.3. The first kappa shape index (κ1) is 23.2. The zero-order valence-electron chi connectivity index (χ0n) is 18.7. The number of ketones is 1. The molecule has 2 aliphatic rings. The lowest BCUT2D eigenvalue weighted by Crippen LogP contribution is -2.49. The molecule has 0 unspecified atom stereocenters. The van der Waals surface area contributed by atoms with Crippen molar-refractivity contribution in [2.24, 2.45) is 0 Å². The second-order valence-electron chi connectivity index (χ2n) is 8.60. The molecule has 1 aliphatic heterocycles. The predicted molar refractivity (Wildman–Crippen MR) is 122 cm³/mol. The van der Waals surface area contributed by atoms with E-state index in [0.717, 1.165) is 25.5 Å². The van der Waals surface area contributed by atoms with Gasteiger partial charge in [0.05, 0.1) is 22.3 Å². The summed E-state index contributed by atoms with van der Waals surface area (Å²) in [6, 6.07) is 8.83. The van der Waals surface area contributed by atoms with Gasteiger partial charge in [-0.3, -0.25) is 9.59 Å². The molecule has 2 aromatic rings. The van der Waals surface area contributed by atoms with E-state index >= 15 is 0 Å². The molecule has 7 nitrogen and oxygen atoms in total. The minimum atomic E-state index is -3.49. The van der Waals surface area contributed by atoms with E-state index in [1.54, 1.807) is 23.1 Å². The highest BCUT2D eigenvalue weighted by Crippen LogP contribution is 2.31. The first-order chi connectivity index (χ1) is 15.6. The van der Waals surface area contributed by atoms with Gasteiger partial charge in [0.2, 0.25) is 0 Å². The lowest BCUT2D eigenvalue weighted by Gasteiger charge is -2.36. The second-order valence-corrected chi connectivity index (χ2v) is 10.6. The lowest BCUT2D eigenvalue weighted by atomic mass is 9.96. The molecule has 4 rings (SSSR count).